The Morgan fingerprint density at radius 2 is 2.06 bits per heavy atom. The van der Waals surface area contributed by atoms with E-state index in [4.69, 9.17) is 4.74 Å². The highest BCUT2D eigenvalue weighted by atomic mass is 79.9. The molecule has 3 heteroatoms. The molecule has 0 radical (unpaired) electrons. The van der Waals surface area contributed by atoms with Gasteiger partial charge in [-0.05, 0) is 37.9 Å². The minimum Gasteiger partial charge on any atom is -0.490 e. The molecule has 1 N–H and O–H groups in total. The normalized spacial score (nSPS) is 27.9. The van der Waals surface area contributed by atoms with Crippen LogP contribution in [0.15, 0.2) is 22.7 Å². The van der Waals surface area contributed by atoms with Crippen LogP contribution in [-0.2, 0) is 0 Å². The van der Waals surface area contributed by atoms with Crippen molar-refractivity contribution in [3.05, 3.63) is 28.2 Å². The number of benzene rings is 1. The van der Waals surface area contributed by atoms with Crippen molar-refractivity contribution in [2.45, 2.75) is 44.2 Å². The van der Waals surface area contributed by atoms with E-state index < -0.39 is 0 Å². The summed E-state index contributed by atoms with van der Waals surface area (Å²) in [5.41, 5.74) is 1.30. The van der Waals surface area contributed by atoms with Crippen molar-refractivity contribution < 1.29 is 4.74 Å². The third-order valence-corrected chi connectivity index (χ3v) is 4.86. The molecule has 1 aliphatic carbocycles. The summed E-state index contributed by atoms with van der Waals surface area (Å²) in [6, 6.07) is 6.82. The number of fused-ring (bicyclic) bond motifs is 1. The Balaban J connectivity index is 1.87. The van der Waals surface area contributed by atoms with E-state index in [1.807, 2.05) is 7.05 Å². The van der Waals surface area contributed by atoms with Crippen LogP contribution in [0.2, 0.25) is 0 Å². The van der Waals surface area contributed by atoms with E-state index in [1.165, 1.54) is 31.2 Å². The molecular formula is C15H20BrNO. The van der Waals surface area contributed by atoms with Crippen molar-refractivity contribution in [3.8, 4) is 5.75 Å². The number of rotatable bonds is 2. The lowest BCUT2D eigenvalue weighted by atomic mass is 9.89. The Bertz CT molecular complexity index is 429. The average Bonchev–Trinajstić information content (AvgIpc) is 2.90. The number of hydrogen-bond donors (Lipinski definition) is 1. The fraction of sp³-hybridized carbons (Fsp3) is 0.600. The smallest absolute Gasteiger partial charge is 0.125 e. The second-order valence-electron chi connectivity index (χ2n) is 5.46. The van der Waals surface area contributed by atoms with Crippen molar-refractivity contribution in [1.82, 2.24) is 5.32 Å². The molecule has 0 amide bonds. The van der Waals surface area contributed by atoms with Gasteiger partial charge in [0.05, 0.1) is 0 Å². The van der Waals surface area contributed by atoms with E-state index in [0.29, 0.717) is 12.1 Å². The Morgan fingerprint density at radius 1 is 1.28 bits per heavy atom. The third kappa shape index (κ3) is 2.30. The maximum atomic E-state index is 6.26. The molecular weight excluding hydrogens is 290 g/mol. The molecule has 2 unspecified atom stereocenters. The van der Waals surface area contributed by atoms with Crippen LogP contribution < -0.4 is 10.1 Å². The van der Waals surface area contributed by atoms with Crippen molar-refractivity contribution in [1.29, 1.82) is 0 Å². The average molecular weight is 310 g/mol. The molecule has 1 aliphatic heterocycles. The summed E-state index contributed by atoms with van der Waals surface area (Å²) < 4.78 is 7.36. The van der Waals surface area contributed by atoms with Crippen LogP contribution >= 0.6 is 15.9 Å². The van der Waals surface area contributed by atoms with E-state index in [1.54, 1.807) is 0 Å². The highest BCUT2D eigenvalue weighted by Crippen LogP contribution is 2.41. The summed E-state index contributed by atoms with van der Waals surface area (Å²) in [6.07, 6.45) is 6.93. The summed E-state index contributed by atoms with van der Waals surface area (Å²) in [7, 11) is 2.05. The standard InChI is InChI=1S/C15H20BrNO/c1-17-13-9-14(10-4-2-3-5-10)18-15-8-11(16)6-7-12(13)15/h6-8,10,13-14,17H,2-5,9H2,1H3. The molecule has 0 bridgehead atoms. The van der Waals surface area contributed by atoms with Gasteiger partial charge in [-0.15, -0.1) is 0 Å². The highest BCUT2D eigenvalue weighted by Gasteiger charge is 2.34. The molecule has 0 saturated heterocycles. The minimum absolute atomic E-state index is 0.395. The van der Waals surface area contributed by atoms with Gasteiger partial charge in [-0.3, -0.25) is 0 Å². The molecule has 98 valence electrons. The third-order valence-electron chi connectivity index (χ3n) is 4.37. The molecule has 0 spiro atoms. The van der Waals surface area contributed by atoms with Crippen molar-refractivity contribution >= 4 is 15.9 Å². The molecule has 1 aromatic rings. The lowest BCUT2D eigenvalue weighted by Crippen LogP contribution is -2.35. The first-order chi connectivity index (χ1) is 8.78. The molecule has 3 rings (SSSR count). The molecule has 2 nitrogen and oxygen atoms in total. The van der Waals surface area contributed by atoms with Crippen LogP contribution in [0, 0.1) is 5.92 Å². The first kappa shape index (κ1) is 12.5. The predicted octanol–water partition coefficient (Wildman–Crippen LogP) is 4.05. The van der Waals surface area contributed by atoms with E-state index >= 15 is 0 Å². The van der Waals surface area contributed by atoms with Crippen LogP contribution in [-0.4, -0.2) is 13.2 Å². The van der Waals surface area contributed by atoms with Crippen molar-refractivity contribution in [2.24, 2.45) is 5.92 Å². The maximum Gasteiger partial charge on any atom is 0.125 e. The largest absolute Gasteiger partial charge is 0.490 e. The van der Waals surface area contributed by atoms with E-state index in [2.05, 4.69) is 39.4 Å². The van der Waals surface area contributed by atoms with Gasteiger partial charge in [0.15, 0.2) is 0 Å². The van der Waals surface area contributed by atoms with E-state index in [-0.39, 0.29) is 0 Å². The van der Waals surface area contributed by atoms with Crippen LogP contribution in [0.1, 0.15) is 43.7 Å². The van der Waals surface area contributed by atoms with Gasteiger partial charge in [-0.25, -0.2) is 0 Å². The fourth-order valence-corrected chi connectivity index (χ4v) is 3.70. The molecule has 1 aromatic carbocycles. The zero-order valence-corrected chi connectivity index (χ0v) is 12.4. The number of nitrogens with one attached hydrogen (secondary N) is 1. The molecule has 0 aromatic heterocycles. The SMILES string of the molecule is CNC1CC(C2CCCC2)Oc2cc(Br)ccc21. The summed E-state index contributed by atoms with van der Waals surface area (Å²) in [4.78, 5) is 0. The van der Waals surface area contributed by atoms with Crippen LogP contribution in [0.5, 0.6) is 5.75 Å². The van der Waals surface area contributed by atoms with Crippen LogP contribution in [0.4, 0.5) is 0 Å². The maximum absolute atomic E-state index is 6.26. The number of ether oxygens (including phenoxy) is 1. The quantitative estimate of drug-likeness (QED) is 0.890. The van der Waals surface area contributed by atoms with Gasteiger partial charge in [-0.1, -0.05) is 34.8 Å². The molecule has 1 heterocycles. The second-order valence-corrected chi connectivity index (χ2v) is 6.38. The van der Waals surface area contributed by atoms with Gasteiger partial charge >= 0.3 is 0 Å². The minimum atomic E-state index is 0.395. The van der Waals surface area contributed by atoms with E-state index in [9.17, 15) is 0 Å². The molecule has 2 aliphatic rings. The second kappa shape index (κ2) is 5.22. The number of hydrogen-bond acceptors (Lipinski definition) is 2. The fourth-order valence-electron chi connectivity index (χ4n) is 3.36. The lowest BCUT2D eigenvalue weighted by molar-refractivity contribution is 0.0962. The summed E-state index contributed by atoms with van der Waals surface area (Å²) >= 11 is 3.54. The Kier molecular flexibility index (Phi) is 3.62. The summed E-state index contributed by atoms with van der Waals surface area (Å²) in [5.74, 6) is 1.82. The lowest BCUT2D eigenvalue weighted by Gasteiger charge is -2.35. The Morgan fingerprint density at radius 3 is 2.78 bits per heavy atom. The molecule has 18 heavy (non-hydrogen) atoms. The number of halogens is 1. The zero-order chi connectivity index (χ0) is 12.5. The van der Waals surface area contributed by atoms with Gasteiger partial charge < -0.3 is 10.1 Å². The van der Waals surface area contributed by atoms with Gasteiger partial charge in [0, 0.05) is 22.5 Å². The van der Waals surface area contributed by atoms with E-state index in [0.717, 1.165) is 22.6 Å². The highest BCUT2D eigenvalue weighted by molar-refractivity contribution is 9.10. The molecule has 2 atom stereocenters. The van der Waals surface area contributed by atoms with Gasteiger partial charge in [-0.2, -0.15) is 0 Å². The molecule has 1 fully saturated rings. The first-order valence-electron chi connectivity index (χ1n) is 6.91. The monoisotopic (exact) mass is 309 g/mol. The molecule has 1 saturated carbocycles. The predicted molar refractivity (Wildman–Crippen MR) is 76.9 cm³/mol. The van der Waals surface area contributed by atoms with Crippen LogP contribution in [0.25, 0.3) is 0 Å². The van der Waals surface area contributed by atoms with Gasteiger partial charge in [0.1, 0.15) is 11.9 Å². The zero-order valence-electron chi connectivity index (χ0n) is 10.8. The Labute approximate surface area is 117 Å². The first-order valence-corrected chi connectivity index (χ1v) is 7.70. The summed E-state index contributed by atoms with van der Waals surface area (Å²) in [5, 5.41) is 3.44. The van der Waals surface area contributed by atoms with Crippen molar-refractivity contribution in [2.75, 3.05) is 7.05 Å². The summed E-state index contributed by atoms with van der Waals surface area (Å²) in [6.45, 7) is 0. The van der Waals surface area contributed by atoms with Crippen LogP contribution in [0.3, 0.4) is 0 Å². The Hall–Kier alpha value is -0.540. The van der Waals surface area contributed by atoms with Gasteiger partial charge in [0.25, 0.3) is 0 Å². The van der Waals surface area contributed by atoms with Gasteiger partial charge in [0.2, 0.25) is 0 Å². The topological polar surface area (TPSA) is 21.3 Å². The van der Waals surface area contributed by atoms with Crippen molar-refractivity contribution in [3.63, 3.8) is 0 Å².